The highest BCUT2D eigenvalue weighted by Gasteiger charge is 2.42. The van der Waals surface area contributed by atoms with Crippen molar-refractivity contribution in [3.63, 3.8) is 0 Å². The number of piperazine rings is 1. The van der Waals surface area contributed by atoms with Crippen LogP contribution in [0.5, 0.6) is 0 Å². The fourth-order valence-electron chi connectivity index (χ4n) is 4.54. The zero-order chi connectivity index (χ0) is 21.6. The molecule has 0 radical (unpaired) electrons. The highest BCUT2D eigenvalue weighted by Crippen LogP contribution is 2.37. The first-order chi connectivity index (χ1) is 14.4. The van der Waals surface area contributed by atoms with Crippen LogP contribution in [0, 0.1) is 11.8 Å². The second-order valence-electron chi connectivity index (χ2n) is 8.80. The number of alkyl halides is 3. The maximum absolute atomic E-state index is 13.1. The molecule has 1 heterocycles. The van der Waals surface area contributed by atoms with Crippen LogP contribution in [0.2, 0.25) is 0 Å². The van der Waals surface area contributed by atoms with Gasteiger partial charge in [0.1, 0.15) is 0 Å². The van der Waals surface area contributed by atoms with Crippen LogP contribution in [0.1, 0.15) is 51.9 Å². The van der Waals surface area contributed by atoms with E-state index in [1.165, 1.54) is 6.42 Å². The number of rotatable bonds is 6. The molecule has 0 aromatic rings. The van der Waals surface area contributed by atoms with Gasteiger partial charge < -0.3 is 15.5 Å². The van der Waals surface area contributed by atoms with Crippen molar-refractivity contribution in [2.45, 2.75) is 64.1 Å². The van der Waals surface area contributed by atoms with Crippen molar-refractivity contribution in [2.24, 2.45) is 16.8 Å². The van der Waals surface area contributed by atoms with Gasteiger partial charge >= 0.3 is 6.18 Å². The van der Waals surface area contributed by atoms with Crippen molar-refractivity contribution < 1.29 is 18.0 Å². The Morgan fingerprint density at radius 2 is 1.74 bits per heavy atom. The van der Waals surface area contributed by atoms with Crippen molar-refractivity contribution in [1.82, 2.24) is 20.4 Å². The molecule has 1 aliphatic heterocycles. The molecule has 0 spiro atoms. The van der Waals surface area contributed by atoms with Gasteiger partial charge in [0.25, 0.3) is 0 Å². The second kappa shape index (κ2) is 12.5. The lowest BCUT2D eigenvalue weighted by atomic mass is 9.84. The molecule has 10 heteroatoms. The number of guanidine groups is 1. The third-order valence-electron chi connectivity index (χ3n) is 6.65. The number of hydrogen-bond acceptors (Lipinski definition) is 3. The first-order valence-corrected chi connectivity index (χ1v) is 11.5. The zero-order valence-corrected chi connectivity index (χ0v) is 20.8. The summed E-state index contributed by atoms with van der Waals surface area (Å²) < 4.78 is 39.2. The largest absolute Gasteiger partial charge is 0.391 e. The van der Waals surface area contributed by atoms with Crippen LogP contribution in [0.25, 0.3) is 0 Å². The molecule has 2 saturated carbocycles. The lowest BCUT2D eigenvalue weighted by Gasteiger charge is -2.38. The van der Waals surface area contributed by atoms with E-state index in [1.807, 2.05) is 11.8 Å². The number of halogens is 4. The molecular formula is C21H37F3IN5O. The van der Waals surface area contributed by atoms with E-state index in [2.05, 4.69) is 20.5 Å². The van der Waals surface area contributed by atoms with E-state index in [9.17, 15) is 18.0 Å². The molecule has 2 N–H and O–H groups in total. The van der Waals surface area contributed by atoms with Crippen LogP contribution in [-0.2, 0) is 4.79 Å². The van der Waals surface area contributed by atoms with Gasteiger partial charge in [0, 0.05) is 51.2 Å². The lowest BCUT2D eigenvalue weighted by Crippen LogP contribution is -2.51. The summed E-state index contributed by atoms with van der Waals surface area (Å²) in [5, 5.41) is 6.37. The Morgan fingerprint density at radius 3 is 2.32 bits per heavy atom. The number of nitrogens with one attached hydrogen (secondary N) is 2. The molecule has 2 aliphatic carbocycles. The summed E-state index contributed by atoms with van der Waals surface area (Å²) in [5.74, 6) is -0.0384. The summed E-state index contributed by atoms with van der Waals surface area (Å²) >= 11 is 0. The first kappa shape index (κ1) is 26.5. The highest BCUT2D eigenvalue weighted by molar-refractivity contribution is 14.0. The number of hydrogen-bond donors (Lipinski definition) is 2. The third kappa shape index (κ3) is 7.94. The van der Waals surface area contributed by atoms with Crippen molar-refractivity contribution >= 4 is 35.8 Å². The summed E-state index contributed by atoms with van der Waals surface area (Å²) in [6.45, 7) is 7.26. The molecule has 6 nitrogen and oxygen atoms in total. The average molecular weight is 559 g/mol. The summed E-state index contributed by atoms with van der Waals surface area (Å²) in [6, 6.07) is -0.191. The Hall–Kier alpha value is -0.780. The van der Waals surface area contributed by atoms with Gasteiger partial charge in [-0.3, -0.25) is 14.7 Å². The van der Waals surface area contributed by atoms with Gasteiger partial charge in [-0.25, -0.2) is 0 Å². The molecule has 0 aromatic carbocycles. The number of carbonyl (C=O) groups excluding carboxylic acids is 1. The molecule has 1 saturated heterocycles. The zero-order valence-electron chi connectivity index (χ0n) is 18.4. The summed E-state index contributed by atoms with van der Waals surface area (Å²) in [7, 11) is 0. The van der Waals surface area contributed by atoms with E-state index in [-0.39, 0.29) is 48.8 Å². The summed E-state index contributed by atoms with van der Waals surface area (Å²) in [6.07, 6.45) is 0.818. The predicted octanol–water partition coefficient (Wildman–Crippen LogP) is 3.22. The number of aliphatic imine (C=N–C) groups is 1. The average Bonchev–Trinajstić information content (AvgIpc) is 2.67. The Morgan fingerprint density at radius 1 is 1.06 bits per heavy atom. The molecule has 31 heavy (non-hydrogen) atoms. The maximum atomic E-state index is 13.1. The van der Waals surface area contributed by atoms with Crippen molar-refractivity contribution in [2.75, 3.05) is 45.8 Å². The Labute approximate surface area is 200 Å². The molecule has 2 atom stereocenters. The molecule has 180 valence electrons. The number of carbonyl (C=O) groups is 1. The van der Waals surface area contributed by atoms with Gasteiger partial charge in [0.2, 0.25) is 5.91 Å². The predicted molar refractivity (Wildman–Crippen MR) is 127 cm³/mol. The lowest BCUT2D eigenvalue weighted by molar-refractivity contribution is -0.183. The summed E-state index contributed by atoms with van der Waals surface area (Å²) in [4.78, 5) is 21.2. The number of nitrogens with zero attached hydrogens (tertiary/aromatic N) is 3. The van der Waals surface area contributed by atoms with E-state index < -0.39 is 12.1 Å². The minimum absolute atomic E-state index is 0. The minimum atomic E-state index is -4.11. The molecule has 0 bridgehead atoms. The fourth-order valence-corrected chi connectivity index (χ4v) is 4.54. The Kier molecular flexibility index (Phi) is 10.6. The molecule has 3 aliphatic rings. The first-order valence-electron chi connectivity index (χ1n) is 11.5. The van der Waals surface area contributed by atoms with Gasteiger partial charge in [0.05, 0.1) is 12.5 Å². The van der Waals surface area contributed by atoms with Crippen LogP contribution in [-0.4, -0.2) is 79.7 Å². The maximum Gasteiger partial charge on any atom is 0.391 e. The van der Waals surface area contributed by atoms with Gasteiger partial charge in [-0.1, -0.05) is 12.8 Å². The molecule has 3 rings (SSSR count). The molecule has 2 unspecified atom stereocenters. The van der Waals surface area contributed by atoms with Crippen LogP contribution in [0.15, 0.2) is 4.99 Å². The van der Waals surface area contributed by atoms with Gasteiger partial charge in [0.15, 0.2) is 5.96 Å². The van der Waals surface area contributed by atoms with E-state index >= 15 is 0 Å². The minimum Gasteiger partial charge on any atom is -0.357 e. The normalized spacial score (nSPS) is 26.1. The van der Waals surface area contributed by atoms with E-state index in [4.69, 9.17) is 0 Å². The van der Waals surface area contributed by atoms with E-state index in [0.717, 1.165) is 52.0 Å². The van der Waals surface area contributed by atoms with Gasteiger partial charge in [-0.15, -0.1) is 24.0 Å². The van der Waals surface area contributed by atoms with Crippen molar-refractivity contribution in [3.8, 4) is 0 Å². The molecule has 0 aromatic heterocycles. The fraction of sp³-hybridized carbons (Fsp3) is 0.905. The SMILES string of the molecule is CCNC(=NCCN1CCN(C(=O)C2CCC2)CC1)NC1CCCC(C(F)(F)F)C1.I. The van der Waals surface area contributed by atoms with Crippen LogP contribution >= 0.6 is 24.0 Å². The highest BCUT2D eigenvalue weighted by atomic mass is 127. The quantitative estimate of drug-likeness (QED) is 0.298. The van der Waals surface area contributed by atoms with E-state index in [0.29, 0.717) is 31.4 Å². The monoisotopic (exact) mass is 559 g/mol. The van der Waals surface area contributed by atoms with Gasteiger partial charge in [-0.05, 0) is 39.0 Å². The van der Waals surface area contributed by atoms with Crippen LogP contribution in [0.3, 0.4) is 0 Å². The molecule has 1 amide bonds. The van der Waals surface area contributed by atoms with Crippen molar-refractivity contribution in [3.05, 3.63) is 0 Å². The number of amides is 1. The molecule has 3 fully saturated rings. The van der Waals surface area contributed by atoms with Crippen molar-refractivity contribution in [1.29, 1.82) is 0 Å². The topological polar surface area (TPSA) is 60.0 Å². The Bertz CT molecular complexity index is 592. The molecular weight excluding hydrogens is 522 g/mol. The smallest absolute Gasteiger partial charge is 0.357 e. The second-order valence-corrected chi connectivity index (χ2v) is 8.80. The summed E-state index contributed by atoms with van der Waals surface area (Å²) in [5.41, 5.74) is 0. The van der Waals surface area contributed by atoms with Gasteiger partial charge in [-0.2, -0.15) is 13.2 Å². The van der Waals surface area contributed by atoms with E-state index in [1.54, 1.807) is 0 Å². The standard InChI is InChI=1S/C21H36F3N5O.HI/c1-2-25-20(27-18-8-4-7-17(15-18)21(22,23)24)26-9-10-28-11-13-29(14-12-28)19(30)16-5-3-6-16;/h16-18H,2-15H2,1H3,(H2,25,26,27);1H. The Balaban J connectivity index is 0.00000341. The van der Waals surface area contributed by atoms with Crippen LogP contribution in [0.4, 0.5) is 13.2 Å². The van der Waals surface area contributed by atoms with Crippen LogP contribution < -0.4 is 10.6 Å². The third-order valence-corrected chi connectivity index (χ3v) is 6.65.